The highest BCUT2D eigenvalue weighted by molar-refractivity contribution is 6.03. The quantitative estimate of drug-likeness (QED) is 0.281. The van der Waals surface area contributed by atoms with E-state index >= 15 is 0 Å². The maximum absolute atomic E-state index is 14.6. The molecule has 43 heavy (non-hydrogen) atoms. The maximum Gasteiger partial charge on any atom is 0.248 e. The lowest BCUT2D eigenvalue weighted by molar-refractivity contribution is -0.152. The molecule has 3 amide bonds. The van der Waals surface area contributed by atoms with Crippen molar-refractivity contribution in [1.29, 1.82) is 0 Å². The van der Waals surface area contributed by atoms with Crippen molar-refractivity contribution in [2.75, 3.05) is 31.1 Å². The summed E-state index contributed by atoms with van der Waals surface area (Å²) >= 11 is 0. The highest BCUT2D eigenvalue weighted by Gasteiger charge is 2.80. The molecule has 6 atom stereocenters. The molecule has 228 valence electrons. The molecule has 0 aromatic heterocycles. The molecule has 1 N–H and O–H groups in total. The molecule has 8 heteroatoms. The molecule has 3 aliphatic rings. The molecule has 0 saturated carbocycles. The van der Waals surface area contributed by atoms with Crippen molar-refractivity contribution in [2.45, 2.75) is 56.9 Å². The number of carbonyl (C=O) groups excluding carboxylic acids is 3. The predicted molar refractivity (Wildman–Crippen MR) is 166 cm³/mol. The number of para-hydroxylation sites is 1. The second kappa shape index (κ2) is 12.5. The summed E-state index contributed by atoms with van der Waals surface area (Å²) in [6, 6.07) is 18.2. The zero-order valence-electron chi connectivity index (χ0n) is 25.2. The Kier molecular flexibility index (Phi) is 8.90. The van der Waals surface area contributed by atoms with E-state index in [0.29, 0.717) is 38.9 Å². The Morgan fingerprint density at radius 3 is 2.30 bits per heavy atom. The number of ether oxygens (including phenoxy) is 1. The van der Waals surface area contributed by atoms with E-state index in [-0.39, 0.29) is 36.8 Å². The molecule has 3 aliphatic heterocycles. The summed E-state index contributed by atoms with van der Waals surface area (Å²) in [6.07, 6.45) is 4.91. The van der Waals surface area contributed by atoms with Crippen LogP contribution in [0.2, 0.25) is 0 Å². The van der Waals surface area contributed by atoms with Crippen LogP contribution in [0.5, 0.6) is 0 Å². The van der Waals surface area contributed by atoms with Gasteiger partial charge < -0.3 is 24.5 Å². The minimum Gasteiger partial charge on any atom is -0.396 e. The van der Waals surface area contributed by atoms with Gasteiger partial charge in [0, 0.05) is 38.5 Å². The molecule has 0 radical (unpaired) electrons. The molecule has 2 bridgehead atoms. The van der Waals surface area contributed by atoms with E-state index in [0.717, 1.165) is 11.3 Å². The number of fused-ring (bicyclic) bond motifs is 1. The standard InChI is InChI=1S/C35H43N3O5/c1-5-19-36(24-26-15-9-7-10-16-26)33(42)30-35-23-25(3)34(4,43-35)28(29(35)32(41)38(30)21-13-14-22-39)31(40)37(20-6-2)27-17-11-8-12-18-27/h5-12,15-18,25,28-30,39H,1-2,13-14,19-24H2,3-4H3/t25?,28-,29+,30?,34+,35?/m1/s1. The van der Waals surface area contributed by atoms with E-state index in [1.54, 1.807) is 26.9 Å². The third kappa shape index (κ3) is 5.21. The average Bonchev–Trinajstić information content (AvgIpc) is 3.52. The fourth-order valence-electron chi connectivity index (χ4n) is 7.62. The lowest BCUT2D eigenvalue weighted by atomic mass is 9.62. The lowest BCUT2D eigenvalue weighted by Crippen LogP contribution is -2.57. The lowest BCUT2D eigenvalue weighted by Gasteiger charge is -2.39. The van der Waals surface area contributed by atoms with Gasteiger partial charge in [-0.3, -0.25) is 14.4 Å². The molecular weight excluding hydrogens is 542 g/mol. The van der Waals surface area contributed by atoms with Crippen molar-refractivity contribution in [3.8, 4) is 0 Å². The first-order valence-electron chi connectivity index (χ1n) is 15.3. The summed E-state index contributed by atoms with van der Waals surface area (Å²) in [6.45, 7) is 13.0. The van der Waals surface area contributed by atoms with Gasteiger partial charge in [-0.2, -0.15) is 0 Å². The van der Waals surface area contributed by atoms with Crippen molar-refractivity contribution in [2.24, 2.45) is 17.8 Å². The molecule has 2 aromatic carbocycles. The van der Waals surface area contributed by atoms with Gasteiger partial charge in [-0.1, -0.05) is 67.6 Å². The highest BCUT2D eigenvalue weighted by Crippen LogP contribution is 2.65. The molecule has 3 heterocycles. The van der Waals surface area contributed by atoms with Crippen molar-refractivity contribution in [1.82, 2.24) is 9.80 Å². The van der Waals surface area contributed by atoms with E-state index in [9.17, 15) is 19.5 Å². The molecule has 8 nitrogen and oxygen atoms in total. The number of anilines is 1. The van der Waals surface area contributed by atoms with Gasteiger partial charge in [0.2, 0.25) is 17.7 Å². The van der Waals surface area contributed by atoms with Crippen LogP contribution in [-0.4, -0.2) is 76.1 Å². The normalized spacial score (nSPS) is 28.9. The second-order valence-corrected chi connectivity index (χ2v) is 12.2. The SMILES string of the molecule is C=CCN(Cc1ccccc1)C(=O)C1N(CCCCO)C(=O)[C@@H]2[C@H](C(=O)N(CC=C)c3ccccc3)[C@@]3(C)OC12CC3C. The van der Waals surface area contributed by atoms with Gasteiger partial charge in [0.1, 0.15) is 11.6 Å². The Balaban J connectivity index is 1.57. The van der Waals surface area contributed by atoms with Crippen LogP contribution < -0.4 is 4.90 Å². The van der Waals surface area contributed by atoms with Crippen LogP contribution >= 0.6 is 0 Å². The number of rotatable bonds is 13. The number of hydrogen-bond acceptors (Lipinski definition) is 5. The number of carbonyl (C=O) groups is 3. The number of aliphatic hydroxyl groups excluding tert-OH is 1. The van der Waals surface area contributed by atoms with Gasteiger partial charge in [0.15, 0.2) is 0 Å². The summed E-state index contributed by atoms with van der Waals surface area (Å²) in [7, 11) is 0. The summed E-state index contributed by atoms with van der Waals surface area (Å²) in [4.78, 5) is 48.8. The third-order valence-electron chi connectivity index (χ3n) is 9.64. The summed E-state index contributed by atoms with van der Waals surface area (Å²) in [5.74, 6) is -2.28. The van der Waals surface area contributed by atoms with Gasteiger partial charge in [-0.15, -0.1) is 13.2 Å². The van der Waals surface area contributed by atoms with Crippen molar-refractivity contribution in [3.05, 3.63) is 91.5 Å². The van der Waals surface area contributed by atoms with Crippen LogP contribution in [0.25, 0.3) is 0 Å². The average molecular weight is 586 g/mol. The fraction of sp³-hybridized carbons (Fsp3) is 0.457. The number of unbranched alkanes of at least 4 members (excludes halogenated alkanes) is 1. The number of nitrogens with zero attached hydrogens (tertiary/aromatic N) is 3. The molecule has 3 saturated heterocycles. The zero-order valence-corrected chi connectivity index (χ0v) is 25.2. The molecule has 2 aromatic rings. The van der Waals surface area contributed by atoms with Crippen molar-refractivity contribution < 1.29 is 24.2 Å². The minimum atomic E-state index is -1.14. The summed E-state index contributed by atoms with van der Waals surface area (Å²) in [5, 5.41) is 9.50. The summed E-state index contributed by atoms with van der Waals surface area (Å²) in [5.41, 5.74) is -0.382. The minimum absolute atomic E-state index is 0.00782. The van der Waals surface area contributed by atoms with Crippen LogP contribution in [-0.2, 0) is 25.7 Å². The van der Waals surface area contributed by atoms with Crippen LogP contribution in [0, 0.1) is 17.8 Å². The second-order valence-electron chi connectivity index (χ2n) is 12.2. The number of amides is 3. The van der Waals surface area contributed by atoms with Gasteiger partial charge in [0.25, 0.3) is 0 Å². The molecule has 3 fully saturated rings. The smallest absolute Gasteiger partial charge is 0.248 e. The topological polar surface area (TPSA) is 90.4 Å². The number of hydrogen-bond donors (Lipinski definition) is 1. The van der Waals surface area contributed by atoms with Gasteiger partial charge in [-0.25, -0.2) is 0 Å². The first-order chi connectivity index (χ1) is 20.7. The Bertz CT molecular complexity index is 1350. The molecule has 1 spiro atoms. The first-order valence-corrected chi connectivity index (χ1v) is 15.3. The maximum atomic E-state index is 14.6. The number of likely N-dealkylation sites (tertiary alicyclic amines) is 1. The van der Waals surface area contributed by atoms with Crippen LogP contribution in [0.15, 0.2) is 86.0 Å². The fourth-order valence-corrected chi connectivity index (χ4v) is 7.62. The third-order valence-corrected chi connectivity index (χ3v) is 9.64. The van der Waals surface area contributed by atoms with Gasteiger partial charge in [-0.05, 0) is 49.8 Å². The monoisotopic (exact) mass is 585 g/mol. The Morgan fingerprint density at radius 2 is 1.67 bits per heavy atom. The van der Waals surface area contributed by atoms with E-state index in [1.807, 2.05) is 67.6 Å². The van der Waals surface area contributed by atoms with Gasteiger partial charge in [0.05, 0.1) is 17.4 Å². The number of benzene rings is 2. The van der Waals surface area contributed by atoms with Crippen molar-refractivity contribution >= 4 is 23.4 Å². The Hall–Kier alpha value is -3.75. The van der Waals surface area contributed by atoms with Crippen LogP contribution in [0.4, 0.5) is 5.69 Å². The van der Waals surface area contributed by atoms with Crippen LogP contribution in [0.1, 0.15) is 38.7 Å². The predicted octanol–water partition coefficient (Wildman–Crippen LogP) is 4.20. The largest absolute Gasteiger partial charge is 0.396 e. The summed E-state index contributed by atoms with van der Waals surface area (Å²) < 4.78 is 6.94. The molecule has 3 unspecified atom stereocenters. The van der Waals surface area contributed by atoms with E-state index in [1.165, 1.54) is 0 Å². The molecular formula is C35H43N3O5. The van der Waals surface area contributed by atoms with E-state index < -0.39 is 29.1 Å². The molecule has 5 rings (SSSR count). The van der Waals surface area contributed by atoms with E-state index in [4.69, 9.17) is 4.74 Å². The Morgan fingerprint density at radius 1 is 1.02 bits per heavy atom. The molecule has 0 aliphatic carbocycles. The first kappa shape index (κ1) is 30.7. The number of aliphatic hydroxyl groups is 1. The van der Waals surface area contributed by atoms with E-state index in [2.05, 4.69) is 20.1 Å². The Labute approximate surface area is 254 Å². The van der Waals surface area contributed by atoms with Gasteiger partial charge >= 0.3 is 0 Å². The van der Waals surface area contributed by atoms with Crippen molar-refractivity contribution in [3.63, 3.8) is 0 Å². The highest BCUT2D eigenvalue weighted by atomic mass is 16.5. The van der Waals surface area contributed by atoms with Crippen LogP contribution in [0.3, 0.4) is 0 Å². The zero-order chi connectivity index (χ0) is 30.8.